The van der Waals surface area contributed by atoms with Gasteiger partial charge in [-0.15, -0.1) is 0 Å². The molecule has 0 atom stereocenters. The Balaban J connectivity index is 1.95. The van der Waals surface area contributed by atoms with Crippen molar-refractivity contribution in [2.24, 2.45) is 0 Å². The van der Waals surface area contributed by atoms with E-state index < -0.39 is 0 Å². The summed E-state index contributed by atoms with van der Waals surface area (Å²) in [6.45, 7) is 0. The number of aromatic nitrogens is 2. The van der Waals surface area contributed by atoms with E-state index in [-0.39, 0.29) is 5.82 Å². The van der Waals surface area contributed by atoms with E-state index in [2.05, 4.69) is 9.97 Å². The number of rotatable bonds is 2. The molecular formula is C16H11FN2. The molecule has 1 heterocycles. The van der Waals surface area contributed by atoms with Crippen LogP contribution in [0.2, 0.25) is 0 Å². The van der Waals surface area contributed by atoms with Crippen LogP contribution < -0.4 is 0 Å². The highest BCUT2D eigenvalue weighted by Crippen LogP contribution is 2.20. The third kappa shape index (κ3) is 2.50. The van der Waals surface area contributed by atoms with Crippen LogP contribution in [0.4, 0.5) is 4.39 Å². The fourth-order valence-corrected chi connectivity index (χ4v) is 1.88. The van der Waals surface area contributed by atoms with Gasteiger partial charge in [0.2, 0.25) is 0 Å². The molecule has 0 fully saturated rings. The average molecular weight is 250 g/mol. The van der Waals surface area contributed by atoms with Gasteiger partial charge >= 0.3 is 0 Å². The molecular weight excluding hydrogens is 239 g/mol. The first-order chi connectivity index (χ1) is 9.33. The lowest BCUT2D eigenvalue weighted by molar-refractivity contribution is 0.628. The molecule has 0 amide bonds. The third-order valence-electron chi connectivity index (χ3n) is 2.84. The van der Waals surface area contributed by atoms with Crippen LogP contribution in [-0.4, -0.2) is 9.97 Å². The van der Waals surface area contributed by atoms with E-state index in [1.807, 2.05) is 36.4 Å². The van der Waals surface area contributed by atoms with Crippen LogP contribution in [0, 0.1) is 5.82 Å². The number of nitrogens with zero attached hydrogens (tertiary/aromatic N) is 2. The van der Waals surface area contributed by atoms with E-state index in [0.29, 0.717) is 5.82 Å². The molecule has 3 heteroatoms. The summed E-state index contributed by atoms with van der Waals surface area (Å²) in [4.78, 5) is 8.64. The van der Waals surface area contributed by atoms with Crippen LogP contribution in [0.1, 0.15) is 0 Å². The van der Waals surface area contributed by atoms with Crippen LogP contribution in [0.15, 0.2) is 67.0 Å². The van der Waals surface area contributed by atoms with Gasteiger partial charge in [0.25, 0.3) is 0 Å². The molecule has 0 bridgehead atoms. The first-order valence-corrected chi connectivity index (χ1v) is 5.96. The quantitative estimate of drug-likeness (QED) is 0.688. The summed E-state index contributed by atoms with van der Waals surface area (Å²) in [5.41, 5.74) is 2.55. The summed E-state index contributed by atoms with van der Waals surface area (Å²) >= 11 is 0. The Morgan fingerprint density at radius 2 is 1.37 bits per heavy atom. The van der Waals surface area contributed by atoms with Crippen molar-refractivity contribution >= 4 is 0 Å². The third-order valence-corrected chi connectivity index (χ3v) is 2.84. The Morgan fingerprint density at radius 3 is 2.05 bits per heavy atom. The van der Waals surface area contributed by atoms with E-state index >= 15 is 0 Å². The molecule has 2 aromatic carbocycles. The van der Waals surface area contributed by atoms with E-state index in [1.54, 1.807) is 18.5 Å². The van der Waals surface area contributed by atoms with Crippen LogP contribution in [0.25, 0.3) is 22.5 Å². The Labute approximate surface area is 110 Å². The molecule has 0 aliphatic rings. The lowest BCUT2D eigenvalue weighted by Gasteiger charge is -2.03. The SMILES string of the molecule is Fc1cccc(-c2cnc(-c3ccccc3)nc2)c1. The second-order valence-electron chi connectivity index (χ2n) is 4.17. The Morgan fingerprint density at radius 1 is 0.684 bits per heavy atom. The van der Waals surface area contributed by atoms with Gasteiger partial charge in [-0.1, -0.05) is 42.5 Å². The van der Waals surface area contributed by atoms with Crippen molar-refractivity contribution in [2.75, 3.05) is 0 Å². The van der Waals surface area contributed by atoms with Gasteiger partial charge in [-0.05, 0) is 17.7 Å². The highest BCUT2D eigenvalue weighted by Gasteiger charge is 2.03. The van der Waals surface area contributed by atoms with Gasteiger partial charge in [0.05, 0.1) is 0 Å². The summed E-state index contributed by atoms with van der Waals surface area (Å²) in [6.07, 6.45) is 3.42. The summed E-state index contributed by atoms with van der Waals surface area (Å²) < 4.78 is 13.2. The summed E-state index contributed by atoms with van der Waals surface area (Å²) in [5, 5.41) is 0. The average Bonchev–Trinajstić information content (AvgIpc) is 2.48. The molecule has 3 rings (SSSR count). The maximum atomic E-state index is 13.2. The lowest BCUT2D eigenvalue weighted by Crippen LogP contribution is -1.89. The van der Waals surface area contributed by atoms with E-state index in [9.17, 15) is 4.39 Å². The molecule has 0 N–H and O–H groups in total. The topological polar surface area (TPSA) is 25.8 Å². The van der Waals surface area contributed by atoms with Crippen molar-refractivity contribution in [3.05, 3.63) is 72.8 Å². The van der Waals surface area contributed by atoms with Gasteiger partial charge in [-0.25, -0.2) is 14.4 Å². The summed E-state index contributed by atoms with van der Waals surface area (Å²) in [5.74, 6) is 0.408. The van der Waals surface area contributed by atoms with Crippen molar-refractivity contribution < 1.29 is 4.39 Å². The molecule has 0 spiro atoms. The highest BCUT2D eigenvalue weighted by atomic mass is 19.1. The highest BCUT2D eigenvalue weighted by molar-refractivity contribution is 5.63. The van der Waals surface area contributed by atoms with Gasteiger partial charge < -0.3 is 0 Å². The molecule has 2 nitrogen and oxygen atoms in total. The monoisotopic (exact) mass is 250 g/mol. The number of benzene rings is 2. The lowest BCUT2D eigenvalue weighted by atomic mass is 10.1. The van der Waals surface area contributed by atoms with Gasteiger partial charge in [0.15, 0.2) is 5.82 Å². The molecule has 0 radical (unpaired) electrons. The molecule has 0 saturated carbocycles. The minimum atomic E-state index is -0.260. The second kappa shape index (κ2) is 4.98. The van der Waals surface area contributed by atoms with Gasteiger partial charge in [0, 0.05) is 23.5 Å². The predicted molar refractivity (Wildman–Crippen MR) is 72.9 cm³/mol. The fraction of sp³-hybridized carbons (Fsp3) is 0. The maximum absolute atomic E-state index is 13.2. The number of hydrogen-bond acceptors (Lipinski definition) is 2. The van der Waals surface area contributed by atoms with E-state index in [4.69, 9.17) is 0 Å². The van der Waals surface area contributed by atoms with Crippen molar-refractivity contribution in [3.63, 3.8) is 0 Å². The van der Waals surface area contributed by atoms with Crippen LogP contribution in [0.3, 0.4) is 0 Å². The first kappa shape index (κ1) is 11.5. The minimum Gasteiger partial charge on any atom is -0.236 e. The van der Waals surface area contributed by atoms with Crippen molar-refractivity contribution in [2.45, 2.75) is 0 Å². The normalized spacial score (nSPS) is 10.4. The Bertz CT molecular complexity index is 679. The van der Waals surface area contributed by atoms with E-state index in [0.717, 1.165) is 16.7 Å². The fourth-order valence-electron chi connectivity index (χ4n) is 1.88. The molecule has 0 aliphatic heterocycles. The van der Waals surface area contributed by atoms with Gasteiger partial charge in [-0.3, -0.25) is 0 Å². The molecule has 0 aliphatic carbocycles. The van der Waals surface area contributed by atoms with Crippen molar-refractivity contribution in [3.8, 4) is 22.5 Å². The smallest absolute Gasteiger partial charge is 0.159 e. The van der Waals surface area contributed by atoms with Crippen molar-refractivity contribution in [1.29, 1.82) is 0 Å². The van der Waals surface area contributed by atoms with E-state index in [1.165, 1.54) is 12.1 Å². The predicted octanol–water partition coefficient (Wildman–Crippen LogP) is 3.95. The van der Waals surface area contributed by atoms with Crippen molar-refractivity contribution in [1.82, 2.24) is 9.97 Å². The van der Waals surface area contributed by atoms with Crippen LogP contribution >= 0.6 is 0 Å². The molecule has 0 saturated heterocycles. The molecule has 92 valence electrons. The molecule has 19 heavy (non-hydrogen) atoms. The molecule has 1 aromatic heterocycles. The number of hydrogen-bond donors (Lipinski definition) is 0. The molecule has 3 aromatic rings. The zero-order chi connectivity index (χ0) is 13.1. The molecule has 0 unspecified atom stereocenters. The zero-order valence-electron chi connectivity index (χ0n) is 10.1. The summed E-state index contributed by atoms with van der Waals surface area (Å²) in [6, 6.07) is 16.2. The van der Waals surface area contributed by atoms with Gasteiger partial charge in [0.1, 0.15) is 5.82 Å². The summed E-state index contributed by atoms with van der Waals surface area (Å²) in [7, 11) is 0. The largest absolute Gasteiger partial charge is 0.236 e. The standard InChI is InChI=1S/C16H11FN2/c17-15-8-4-7-13(9-15)14-10-18-16(19-11-14)12-5-2-1-3-6-12/h1-11H. The Hall–Kier alpha value is -2.55. The Kier molecular flexibility index (Phi) is 3.02. The maximum Gasteiger partial charge on any atom is 0.159 e. The van der Waals surface area contributed by atoms with Gasteiger partial charge in [-0.2, -0.15) is 0 Å². The number of halogens is 1. The minimum absolute atomic E-state index is 0.260. The van der Waals surface area contributed by atoms with Crippen LogP contribution in [0.5, 0.6) is 0 Å². The second-order valence-corrected chi connectivity index (χ2v) is 4.17. The zero-order valence-corrected chi connectivity index (χ0v) is 10.1. The first-order valence-electron chi connectivity index (χ1n) is 5.96. The van der Waals surface area contributed by atoms with Crippen LogP contribution in [-0.2, 0) is 0 Å².